The van der Waals surface area contributed by atoms with Gasteiger partial charge in [0.05, 0.1) is 31.3 Å². The van der Waals surface area contributed by atoms with Crippen molar-refractivity contribution in [2.75, 3.05) is 39.4 Å². The zero-order chi connectivity index (χ0) is 18.5. The lowest BCUT2D eigenvalue weighted by atomic mass is 10.0. The highest BCUT2D eigenvalue weighted by Gasteiger charge is 2.21. The predicted octanol–water partition coefficient (Wildman–Crippen LogP) is 2.60. The lowest BCUT2D eigenvalue weighted by Crippen LogP contribution is -2.36. The second kappa shape index (κ2) is 8.59. The van der Waals surface area contributed by atoms with Crippen molar-refractivity contribution in [3.8, 4) is 11.3 Å². The summed E-state index contributed by atoms with van der Waals surface area (Å²) in [6, 6.07) is 8.26. The van der Waals surface area contributed by atoms with Gasteiger partial charge in [0.1, 0.15) is 5.69 Å². The molecule has 1 aromatic heterocycles. The molecule has 27 heavy (non-hydrogen) atoms. The van der Waals surface area contributed by atoms with E-state index in [0.717, 1.165) is 70.0 Å². The van der Waals surface area contributed by atoms with E-state index in [9.17, 15) is 4.79 Å². The van der Waals surface area contributed by atoms with Gasteiger partial charge < -0.3 is 9.64 Å². The van der Waals surface area contributed by atoms with Gasteiger partial charge in [-0.1, -0.05) is 24.3 Å². The fraction of sp³-hybridized carbons (Fsp3) is 0.476. The van der Waals surface area contributed by atoms with Crippen LogP contribution in [0.1, 0.15) is 35.3 Å². The number of ether oxygens (including phenoxy) is 1. The van der Waals surface area contributed by atoms with Crippen molar-refractivity contribution in [2.24, 2.45) is 0 Å². The molecule has 142 valence electrons. The van der Waals surface area contributed by atoms with Crippen LogP contribution in [0.2, 0.25) is 0 Å². The molecule has 1 aromatic carbocycles. The Morgan fingerprint density at radius 1 is 1.00 bits per heavy atom. The number of likely N-dealkylation sites (tertiary alicyclic amines) is 1. The molecule has 0 bridgehead atoms. The molecule has 3 heterocycles. The summed E-state index contributed by atoms with van der Waals surface area (Å²) in [5.41, 5.74) is 3.46. The van der Waals surface area contributed by atoms with Crippen LogP contribution in [0.15, 0.2) is 36.7 Å². The summed E-state index contributed by atoms with van der Waals surface area (Å²) in [4.78, 5) is 26.1. The minimum Gasteiger partial charge on any atom is -0.379 e. The third-order valence-electron chi connectivity index (χ3n) is 5.29. The van der Waals surface area contributed by atoms with Crippen molar-refractivity contribution < 1.29 is 9.53 Å². The smallest absolute Gasteiger partial charge is 0.274 e. The van der Waals surface area contributed by atoms with Gasteiger partial charge in [-0.05, 0) is 24.8 Å². The first kappa shape index (κ1) is 18.1. The molecule has 2 aliphatic rings. The summed E-state index contributed by atoms with van der Waals surface area (Å²) in [7, 11) is 0. The van der Waals surface area contributed by atoms with Crippen LogP contribution in [0, 0.1) is 0 Å². The summed E-state index contributed by atoms with van der Waals surface area (Å²) in [6.07, 6.45) is 6.68. The van der Waals surface area contributed by atoms with Gasteiger partial charge in [-0.25, -0.2) is 4.98 Å². The van der Waals surface area contributed by atoms with E-state index in [1.165, 1.54) is 12.0 Å². The second-order valence-corrected chi connectivity index (χ2v) is 7.19. The topological polar surface area (TPSA) is 58.6 Å². The van der Waals surface area contributed by atoms with Crippen molar-refractivity contribution in [3.63, 3.8) is 0 Å². The Hall–Kier alpha value is -2.31. The molecule has 0 spiro atoms. The minimum absolute atomic E-state index is 0.00490. The number of hydrogen-bond acceptors (Lipinski definition) is 5. The Balaban J connectivity index is 1.57. The van der Waals surface area contributed by atoms with Gasteiger partial charge in [-0.2, -0.15) is 0 Å². The number of hydrogen-bond donors (Lipinski definition) is 0. The number of carbonyl (C=O) groups is 1. The zero-order valence-corrected chi connectivity index (χ0v) is 15.6. The van der Waals surface area contributed by atoms with Gasteiger partial charge in [0.15, 0.2) is 0 Å². The van der Waals surface area contributed by atoms with Crippen LogP contribution >= 0.6 is 0 Å². The first-order chi connectivity index (χ1) is 13.3. The fourth-order valence-corrected chi connectivity index (χ4v) is 3.77. The highest BCUT2D eigenvalue weighted by atomic mass is 16.5. The Labute approximate surface area is 160 Å². The van der Waals surface area contributed by atoms with Crippen LogP contribution < -0.4 is 0 Å². The second-order valence-electron chi connectivity index (χ2n) is 7.19. The van der Waals surface area contributed by atoms with E-state index in [-0.39, 0.29) is 5.91 Å². The molecule has 0 radical (unpaired) electrons. The SMILES string of the molecule is O=C(c1cncc(-c2ccccc2CN2CCOCC2)n1)N1CCCCC1. The molecule has 0 atom stereocenters. The van der Waals surface area contributed by atoms with Crippen LogP contribution in [-0.2, 0) is 11.3 Å². The molecule has 2 saturated heterocycles. The molecule has 2 fully saturated rings. The monoisotopic (exact) mass is 366 g/mol. The molecule has 4 rings (SSSR count). The van der Waals surface area contributed by atoms with E-state index in [2.05, 4.69) is 33.1 Å². The normalized spacial score (nSPS) is 18.4. The first-order valence-corrected chi connectivity index (χ1v) is 9.81. The highest BCUT2D eigenvalue weighted by molar-refractivity contribution is 5.92. The number of nitrogens with zero attached hydrogens (tertiary/aromatic N) is 4. The lowest BCUT2D eigenvalue weighted by Gasteiger charge is -2.27. The number of rotatable bonds is 4. The number of piperidine rings is 1. The summed E-state index contributed by atoms with van der Waals surface area (Å²) in [5.74, 6) is -0.00490. The quantitative estimate of drug-likeness (QED) is 0.832. The molecular weight excluding hydrogens is 340 g/mol. The van der Waals surface area contributed by atoms with Gasteiger partial charge in [-0.3, -0.25) is 14.7 Å². The molecule has 0 unspecified atom stereocenters. The maximum absolute atomic E-state index is 12.8. The predicted molar refractivity (Wildman–Crippen MR) is 103 cm³/mol. The molecule has 0 aliphatic carbocycles. The number of benzene rings is 1. The highest BCUT2D eigenvalue weighted by Crippen LogP contribution is 2.23. The number of carbonyl (C=O) groups excluding carboxylic acids is 1. The molecule has 0 saturated carbocycles. The Morgan fingerprint density at radius 3 is 2.59 bits per heavy atom. The van der Waals surface area contributed by atoms with Gasteiger partial charge >= 0.3 is 0 Å². The van der Waals surface area contributed by atoms with Gasteiger partial charge in [-0.15, -0.1) is 0 Å². The van der Waals surface area contributed by atoms with Gasteiger partial charge in [0, 0.05) is 38.3 Å². The summed E-state index contributed by atoms with van der Waals surface area (Å²) in [5, 5.41) is 0. The molecule has 6 heteroatoms. The minimum atomic E-state index is -0.00490. The van der Waals surface area contributed by atoms with E-state index in [1.54, 1.807) is 12.4 Å². The van der Waals surface area contributed by atoms with Crippen molar-refractivity contribution in [3.05, 3.63) is 47.9 Å². The zero-order valence-electron chi connectivity index (χ0n) is 15.6. The van der Waals surface area contributed by atoms with Crippen molar-refractivity contribution >= 4 is 5.91 Å². The van der Waals surface area contributed by atoms with Crippen LogP contribution in [0.4, 0.5) is 0 Å². The Kier molecular flexibility index (Phi) is 5.75. The molecule has 6 nitrogen and oxygen atoms in total. The van der Waals surface area contributed by atoms with Crippen molar-refractivity contribution in [1.82, 2.24) is 19.8 Å². The van der Waals surface area contributed by atoms with E-state index in [0.29, 0.717) is 5.69 Å². The summed E-state index contributed by atoms with van der Waals surface area (Å²) in [6.45, 7) is 5.92. The van der Waals surface area contributed by atoms with Crippen LogP contribution in [-0.4, -0.2) is 65.1 Å². The Morgan fingerprint density at radius 2 is 1.78 bits per heavy atom. The average Bonchev–Trinajstić information content (AvgIpc) is 2.75. The molecule has 0 N–H and O–H groups in total. The number of morpholine rings is 1. The largest absolute Gasteiger partial charge is 0.379 e. The molecule has 2 aromatic rings. The third kappa shape index (κ3) is 4.34. The summed E-state index contributed by atoms with van der Waals surface area (Å²) < 4.78 is 5.45. The van der Waals surface area contributed by atoms with Crippen LogP contribution in [0.25, 0.3) is 11.3 Å². The maximum atomic E-state index is 12.8. The fourth-order valence-electron chi connectivity index (χ4n) is 3.77. The molecule has 1 amide bonds. The van der Waals surface area contributed by atoms with E-state index >= 15 is 0 Å². The van der Waals surface area contributed by atoms with Crippen molar-refractivity contribution in [2.45, 2.75) is 25.8 Å². The van der Waals surface area contributed by atoms with Crippen molar-refractivity contribution in [1.29, 1.82) is 0 Å². The lowest BCUT2D eigenvalue weighted by molar-refractivity contribution is 0.0342. The van der Waals surface area contributed by atoms with Crippen LogP contribution in [0.5, 0.6) is 0 Å². The number of aromatic nitrogens is 2. The van der Waals surface area contributed by atoms with E-state index < -0.39 is 0 Å². The standard InChI is InChI=1S/C21H26N4O2/c26-21(25-8-4-1-5-9-25)20-15-22-14-19(23-20)18-7-3-2-6-17(18)16-24-10-12-27-13-11-24/h2-3,6-7,14-15H,1,4-5,8-13,16H2. The average molecular weight is 366 g/mol. The van der Waals surface area contributed by atoms with E-state index in [1.807, 2.05) is 11.0 Å². The third-order valence-corrected chi connectivity index (χ3v) is 5.29. The molecular formula is C21H26N4O2. The van der Waals surface area contributed by atoms with Gasteiger partial charge in [0.25, 0.3) is 5.91 Å². The van der Waals surface area contributed by atoms with Gasteiger partial charge in [0.2, 0.25) is 0 Å². The Bertz CT molecular complexity index is 783. The first-order valence-electron chi connectivity index (χ1n) is 9.81. The molecule has 2 aliphatic heterocycles. The number of amides is 1. The summed E-state index contributed by atoms with van der Waals surface area (Å²) >= 11 is 0. The maximum Gasteiger partial charge on any atom is 0.274 e. The van der Waals surface area contributed by atoms with E-state index in [4.69, 9.17) is 4.74 Å². The van der Waals surface area contributed by atoms with Crippen LogP contribution in [0.3, 0.4) is 0 Å².